The second-order valence-corrected chi connectivity index (χ2v) is 13.2. The lowest BCUT2D eigenvalue weighted by Gasteiger charge is -2.23. The van der Waals surface area contributed by atoms with Crippen LogP contribution in [0, 0.1) is 5.41 Å². The molecule has 42 heavy (non-hydrogen) atoms. The van der Waals surface area contributed by atoms with Gasteiger partial charge in [0.15, 0.2) is 6.73 Å². The van der Waals surface area contributed by atoms with Crippen molar-refractivity contribution in [3.8, 4) is 5.75 Å². The van der Waals surface area contributed by atoms with Crippen LogP contribution in [0.5, 0.6) is 5.75 Å². The fourth-order valence-electron chi connectivity index (χ4n) is 4.19. The second-order valence-electron chi connectivity index (χ2n) is 10.6. The fraction of sp³-hybridized carbons (Fsp3) is 0.300. The largest absolute Gasteiger partial charge is 0.492 e. The van der Waals surface area contributed by atoms with Gasteiger partial charge in [-0.2, -0.15) is 4.31 Å². The third-order valence-corrected chi connectivity index (χ3v) is 8.94. The number of benzene rings is 3. The SMILES string of the molecule is CC(C)c1cc(OCC(C)(C)C(=O)OCc2ccccc2)cc2c1C(=O)N(COC(=O)c1c(Cl)cccc1Cl)S2(=O)=O. The van der Waals surface area contributed by atoms with E-state index in [1.54, 1.807) is 33.8 Å². The summed E-state index contributed by atoms with van der Waals surface area (Å²) in [6.07, 6.45) is 0. The highest BCUT2D eigenvalue weighted by molar-refractivity contribution is 7.90. The number of hydrogen-bond acceptors (Lipinski definition) is 8. The van der Waals surface area contributed by atoms with Gasteiger partial charge in [0.1, 0.15) is 23.9 Å². The van der Waals surface area contributed by atoms with E-state index in [9.17, 15) is 22.8 Å². The van der Waals surface area contributed by atoms with E-state index < -0.39 is 40.0 Å². The normalized spacial score (nSPS) is 14.1. The molecule has 0 unspecified atom stereocenters. The lowest BCUT2D eigenvalue weighted by Crippen LogP contribution is -2.33. The Bertz CT molecular complexity index is 1620. The van der Waals surface area contributed by atoms with Crippen LogP contribution in [0.1, 0.15) is 65.5 Å². The first-order valence-electron chi connectivity index (χ1n) is 12.9. The third kappa shape index (κ3) is 6.40. The molecule has 1 amide bonds. The minimum absolute atomic E-state index is 0.0159. The molecule has 0 aromatic heterocycles. The van der Waals surface area contributed by atoms with Crippen molar-refractivity contribution in [1.82, 2.24) is 4.31 Å². The summed E-state index contributed by atoms with van der Waals surface area (Å²) in [5.41, 5.74) is 0.00339. The Kier molecular flexibility index (Phi) is 9.20. The van der Waals surface area contributed by atoms with Crippen molar-refractivity contribution in [3.63, 3.8) is 0 Å². The maximum absolute atomic E-state index is 13.5. The molecule has 0 saturated heterocycles. The Balaban J connectivity index is 1.52. The highest BCUT2D eigenvalue weighted by Gasteiger charge is 2.44. The molecule has 9 nitrogen and oxygen atoms in total. The Morgan fingerprint density at radius 2 is 1.60 bits per heavy atom. The Labute approximate surface area is 254 Å². The monoisotopic (exact) mass is 633 g/mol. The lowest BCUT2D eigenvalue weighted by molar-refractivity contribution is -0.157. The van der Waals surface area contributed by atoms with E-state index in [4.69, 9.17) is 37.4 Å². The molecule has 0 N–H and O–H groups in total. The minimum atomic E-state index is -4.41. The minimum Gasteiger partial charge on any atom is -0.492 e. The van der Waals surface area contributed by atoms with E-state index in [0.717, 1.165) is 5.56 Å². The number of ether oxygens (including phenoxy) is 3. The predicted octanol–water partition coefficient (Wildman–Crippen LogP) is 6.22. The molecule has 4 rings (SSSR count). The Morgan fingerprint density at radius 1 is 0.952 bits per heavy atom. The van der Waals surface area contributed by atoms with E-state index in [0.29, 0.717) is 9.87 Å². The van der Waals surface area contributed by atoms with Gasteiger partial charge in [-0.05, 0) is 49.1 Å². The number of halogens is 2. The summed E-state index contributed by atoms with van der Waals surface area (Å²) in [5.74, 6) is -2.44. The summed E-state index contributed by atoms with van der Waals surface area (Å²) >= 11 is 12.1. The van der Waals surface area contributed by atoms with Crippen LogP contribution in [0.3, 0.4) is 0 Å². The highest BCUT2D eigenvalue weighted by atomic mass is 35.5. The first-order valence-corrected chi connectivity index (χ1v) is 15.1. The van der Waals surface area contributed by atoms with Gasteiger partial charge < -0.3 is 14.2 Å². The van der Waals surface area contributed by atoms with Crippen molar-refractivity contribution in [1.29, 1.82) is 0 Å². The van der Waals surface area contributed by atoms with Gasteiger partial charge >= 0.3 is 11.9 Å². The number of sulfonamides is 1. The van der Waals surface area contributed by atoms with Crippen LogP contribution < -0.4 is 4.74 Å². The van der Waals surface area contributed by atoms with Crippen molar-refractivity contribution < 1.29 is 37.0 Å². The summed E-state index contributed by atoms with van der Waals surface area (Å²) < 4.78 is 43.9. The van der Waals surface area contributed by atoms with Gasteiger partial charge in [0.2, 0.25) is 0 Å². The zero-order valence-electron chi connectivity index (χ0n) is 23.3. The Morgan fingerprint density at radius 3 is 2.21 bits per heavy atom. The standard InChI is InChI=1S/C30H29Cl2NO8S/c1-18(2)21-13-20(40-16-30(3,4)29(36)39-15-19-9-6-5-7-10-19)14-24-25(21)27(34)33(42(24,37)38)17-41-28(35)26-22(31)11-8-12-23(26)32/h5-14,18H,15-17H2,1-4H3. The van der Waals surface area contributed by atoms with Crippen molar-refractivity contribution in [3.05, 3.63) is 93.0 Å². The van der Waals surface area contributed by atoms with Gasteiger partial charge in [-0.3, -0.25) is 9.59 Å². The average Bonchev–Trinajstić information content (AvgIpc) is 3.13. The van der Waals surface area contributed by atoms with Gasteiger partial charge in [0, 0.05) is 6.07 Å². The van der Waals surface area contributed by atoms with Crippen LogP contribution in [-0.2, 0) is 30.9 Å². The van der Waals surface area contributed by atoms with Crippen LogP contribution in [0.2, 0.25) is 10.0 Å². The predicted molar refractivity (Wildman–Crippen MR) is 156 cm³/mol. The number of fused-ring (bicyclic) bond motifs is 1. The molecule has 3 aromatic carbocycles. The van der Waals surface area contributed by atoms with Crippen LogP contribution in [0.4, 0.5) is 0 Å². The zero-order valence-corrected chi connectivity index (χ0v) is 25.7. The molecule has 0 saturated carbocycles. The van der Waals surface area contributed by atoms with Gasteiger partial charge in [-0.1, -0.05) is 73.4 Å². The van der Waals surface area contributed by atoms with E-state index in [-0.39, 0.29) is 50.9 Å². The maximum atomic E-state index is 13.5. The molecule has 0 spiro atoms. The molecule has 0 aliphatic carbocycles. The molecule has 3 aromatic rings. The molecule has 12 heteroatoms. The highest BCUT2D eigenvalue weighted by Crippen LogP contribution is 2.39. The van der Waals surface area contributed by atoms with E-state index in [1.807, 2.05) is 30.3 Å². The quantitative estimate of drug-likeness (QED) is 0.241. The van der Waals surface area contributed by atoms with Crippen molar-refractivity contribution >= 4 is 51.1 Å². The average molecular weight is 635 g/mol. The number of carbonyl (C=O) groups excluding carboxylic acids is 3. The molecule has 1 heterocycles. The van der Waals surface area contributed by atoms with Crippen molar-refractivity contribution in [2.45, 2.75) is 45.1 Å². The molecule has 0 bridgehead atoms. The zero-order chi connectivity index (χ0) is 30.8. The molecule has 1 aliphatic rings. The Hall–Kier alpha value is -3.60. The van der Waals surface area contributed by atoms with Crippen molar-refractivity contribution in [2.75, 3.05) is 13.3 Å². The van der Waals surface area contributed by atoms with Crippen LogP contribution >= 0.6 is 23.2 Å². The fourth-order valence-corrected chi connectivity index (χ4v) is 6.20. The molecular weight excluding hydrogens is 605 g/mol. The second kappa shape index (κ2) is 12.3. The van der Waals surface area contributed by atoms with Gasteiger partial charge in [-0.15, -0.1) is 0 Å². The van der Waals surface area contributed by atoms with E-state index in [2.05, 4.69) is 0 Å². The van der Waals surface area contributed by atoms with Crippen molar-refractivity contribution in [2.24, 2.45) is 5.41 Å². The number of amides is 1. The van der Waals surface area contributed by atoms with Crippen LogP contribution in [-0.4, -0.2) is 43.9 Å². The summed E-state index contributed by atoms with van der Waals surface area (Å²) in [6, 6.07) is 16.4. The molecule has 222 valence electrons. The summed E-state index contributed by atoms with van der Waals surface area (Å²) in [7, 11) is -4.41. The number of carbonyl (C=O) groups is 3. The first-order chi connectivity index (χ1) is 19.7. The smallest absolute Gasteiger partial charge is 0.342 e. The molecule has 0 fully saturated rings. The van der Waals surface area contributed by atoms with Gasteiger partial charge in [0.05, 0.1) is 26.6 Å². The summed E-state index contributed by atoms with van der Waals surface area (Å²) in [5, 5.41) is 0.0318. The van der Waals surface area contributed by atoms with Gasteiger partial charge in [0.25, 0.3) is 15.9 Å². The molecule has 1 aliphatic heterocycles. The number of nitrogens with zero attached hydrogens (tertiary/aromatic N) is 1. The first kappa shape index (κ1) is 31.3. The maximum Gasteiger partial charge on any atom is 0.342 e. The molecule has 0 radical (unpaired) electrons. The number of rotatable bonds is 10. The van der Waals surface area contributed by atoms with Crippen LogP contribution in [0.15, 0.2) is 65.6 Å². The number of hydrogen-bond donors (Lipinski definition) is 0. The number of esters is 2. The van der Waals surface area contributed by atoms with Crippen LogP contribution in [0.25, 0.3) is 0 Å². The molecular formula is C30H29Cl2NO8S. The summed E-state index contributed by atoms with van der Waals surface area (Å²) in [6.45, 7) is 5.99. The molecule has 0 atom stereocenters. The van der Waals surface area contributed by atoms with Gasteiger partial charge in [-0.25, -0.2) is 13.2 Å². The summed E-state index contributed by atoms with van der Waals surface area (Å²) in [4.78, 5) is 38.5. The van der Waals surface area contributed by atoms with E-state index in [1.165, 1.54) is 24.3 Å². The topological polar surface area (TPSA) is 116 Å². The lowest BCUT2D eigenvalue weighted by atomic mass is 9.94. The van der Waals surface area contributed by atoms with E-state index >= 15 is 0 Å². The third-order valence-electron chi connectivity index (χ3n) is 6.58.